The average molecular weight is 916 g/mol. The maximum atomic E-state index is 13.5. The molecule has 0 fully saturated rings. The highest BCUT2D eigenvalue weighted by Gasteiger charge is 2.24. The number of carbonyl (C=O) groups excluding carboxylic acids is 4. The van der Waals surface area contributed by atoms with Crippen molar-refractivity contribution in [2.45, 2.75) is 25.7 Å². The largest absolute Gasteiger partial charge is 0.420 e. The van der Waals surface area contributed by atoms with Crippen LogP contribution in [0.5, 0.6) is 5.75 Å². The summed E-state index contributed by atoms with van der Waals surface area (Å²) >= 11 is 0. The van der Waals surface area contributed by atoms with Crippen LogP contribution in [0.2, 0.25) is 0 Å². The molecule has 0 saturated heterocycles. The van der Waals surface area contributed by atoms with Crippen molar-refractivity contribution in [1.29, 1.82) is 0 Å². The Bertz CT molecular complexity index is 1400. The van der Waals surface area contributed by atoms with Crippen molar-refractivity contribution >= 4 is 23.6 Å². The van der Waals surface area contributed by atoms with Crippen molar-refractivity contribution in [2.24, 2.45) is 0 Å². The second-order valence-corrected chi connectivity index (χ2v) is 12.9. The third-order valence-corrected chi connectivity index (χ3v) is 8.09. The second-order valence-electron chi connectivity index (χ2n) is 12.9. The summed E-state index contributed by atoms with van der Waals surface area (Å²) in [7, 11) is 0. The third-order valence-electron chi connectivity index (χ3n) is 8.09. The fourth-order valence-corrected chi connectivity index (χ4v) is 4.87. The Kier molecular flexibility index (Phi) is 33.4. The normalized spacial score (nSPS) is 12.6. The van der Waals surface area contributed by atoms with E-state index in [4.69, 9.17) is 56.8 Å². The van der Waals surface area contributed by atoms with Crippen LogP contribution < -0.4 is 4.74 Å². The molecule has 0 N–H and O–H groups in total. The summed E-state index contributed by atoms with van der Waals surface area (Å²) in [5.74, 6) is -10.3. The van der Waals surface area contributed by atoms with Crippen molar-refractivity contribution < 1.29 is 98.3 Å². The number of Topliss-reactive ketones (excluding diaryl/α,β-unsaturated/α-hetero) is 1. The van der Waals surface area contributed by atoms with Crippen LogP contribution in [0.1, 0.15) is 25.7 Å². The quantitative estimate of drug-likeness (QED) is 0.0231. The van der Waals surface area contributed by atoms with E-state index < -0.39 is 41.4 Å². The van der Waals surface area contributed by atoms with Gasteiger partial charge in [-0.2, -0.15) is 8.78 Å². The van der Waals surface area contributed by atoms with E-state index in [9.17, 15) is 36.7 Å². The van der Waals surface area contributed by atoms with Gasteiger partial charge >= 0.3 is 5.97 Å². The molecule has 1 aromatic rings. The number of carbonyl (C=O) groups is 4. The molecule has 18 nitrogen and oxygen atoms in total. The Balaban J connectivity index is 1.16. The lowest BCUT2D eigenvalue weighted by Crippen LogP contribution is -2.32. The number of hydrogen-bond acceptors (Lipinski definition) is 17. The number of rotatable bonds is 44. The maximum Gasteiger partial charge on any atom is 0.313 e. The van der Waals surface area contributed by atoms with Crippen molar-refractivity contribution in [3.05, 3.63) is 41.5 Å². The van der Waals surface area contributed by atoms with Gasteiger partial charge in [0.05, 0.1) is 158 Å². The van der Waals surface area contributed by atoms with Crippen molar-refractivity contribution in [1.82, 2.24) is 4.90 Å². The summed E-state index contributed by atoms with van der Waals surface area (Å²) in [6.45, 7) is 8.87. The first-order valence-electron chi connectivity index (χ1n) is 20.7. The molecular formula is C41H61F4NO17. The lowest BCUT2D eigenvalue weighted by Gasteiger charge is -2.12. The van der Waals surface area contributed by atoms with Crippen LogP contribution in [0.25, 0.3) is 0 Å². The van der Waals surface area contributed by atoms with Gasteiger partial charge < -0.3 is 61.6 Å². The summed E-state index contributed by atoms with van der Waals surface area (Å²) in [5.41, 5.74) is 0. The van der Waals surface area contributed by atoms with Gasteiger partial charge in [-0.3, -0.25) is 24.1 Å². The Morgan fingerprint density at radius 3 is 1.05 bits per heavy atom. The topological polar surface area (TPSA) is 192 Å². The number of ketones is 1. The molecule has 2 rings (SSSR count). The van der Waals surface area contributed by atoms with Gasteiger partial charge in [0, 0.05) is 44.2 Å². The predicted octanol–water partition coefficient (Wildman–Crippen LogP) is 2.40. The van der Waals surface area contributed by atoms with Gasteiger partial charge in [-0.05, 0) is 6.42 Å². The average Bonchev–Trinajstić information content (AvgIpc) is 3.59. The Morgan fingerprint density at radius 2 is 0.714 bits per heavy atom. The highest BCUT2D eigenvalue weighted by molar-refractivity contribution is 6.13. The van der Waals surface area contributed by atoms with Gasteiger partial charge in [-0.15, -0.1) is 0 Å². The lowest BCUT2D eigenvalue weighted by atomic mass is 10.1. The third kappa shape index (κ3) is 28.8. The van der Waals surface area contributed by atoms with Crippen molar-refractivity contribution in [2.75, 3.05) is 165 Å². The van der Waals surface area contributed by atoms with E-state index in [0.717, 1.165) is 4.90 Å². The van der Waals surface area contributed by atoms with E-state index in [-0.39, 0.29) is 56.5 Å². The number of benzene rings is 1. The molecule has 1 aromatic carbocycles. The predicted molar refractivity (Wildman–Crippen MR) is 211 cm³/mol. The number of imide groups is 1. The minimum absolute atomic E-state index is 0.0136. The number of esters is 1. The zero-order valence-electron chi connectivity index (χ0n) is 35.6. The first-order chi connectivity index (χ1) is 30.7. The monoisotopic (exact) mass is 915 g/mol. The number of hydrogen-bond donors (Lipinski definition) is 0. The highest BCUT2D eigenvalue weighted by atomic mass is 19.2. The fourth-order valence-electron chi connectivity index (χ4n) is 4.87. The van der Waals surface area contributed by atoms with Crippen LogP contribution in [-0.2, 0) is 76.0 Å². The zero-order valence-corrected chi connectivity index (χ0v) is 35.6. The molecule has 0 saturated carbocycles. The molecule has 22 heteroatoms. The summed E-state index contributed by atoms with van der Waals surface area (Å²) in [4.78, 5) is 47.6. The second kappa shape index (κ2) is 37.8. The molecule has 360 valence electrons. The molecule has 2 amide bonds. The van der Waals surface area contributed by atoms with Crippen LogP contribution in [0, 0.1) is 23.3 Å². The van der Waals surface area contributed by atoms with Crippen LogP contribution in [0.3, 0.4) is 0 Å². The minimum atomic E-state index is -1.80. The molecule has 63 heavy (non-hydrogen) atoms. The van der Waals surface area contributed by atoms with E-state index in [0.29, 0.717) is 152 Å². The molecule has 0 aliphatic carbocycles. The Hall–Kier alpha value is -3.52. The van der Waals surface area contributed by atoms with Gasteiger partial charge in [0.1, 0.15) is 5.78 Å². The molecule has 0 bridgehead atoms. The smallest absolute Gasteiger partial charge is 0.313 e. The zero-order chi connectivity index (χ0) is 45.6. The summed E-state index contributed by atoms with van der Waals surface area (Å²) < 4.78 is 123. The van der Waals surface area contributed by atoms with E-state index in [1.54, 1.807) is 0 Å². The van der Waals surface area contributed by atoms with Crippen LogP contribution in [0.4, 0.5) is 17.6 Å². The number of nitrogens with zero attached hydrogens (tertiary/aromatic N) is 1. The first-order valence-corrected chi connectivity index (χ1v) is 20.7. The number of amides is 2. The molecule has 1 aliphatic heterocycles. The molecule has 1 heterocycles. The Labute approximate surface area is 364 Å². The fraction of sp³-hybridized carbons (Fsp3) is 0.707. The summed E-state index contributed by atoms with van der Waals surface area (Å²) in [6.07, 6.45) is 3.04. The van der Waals surface area contributed by atoms with E-state index in [2.05, 4.69) is 4.74 Å². The van der Waals surface area contributed by atoms with Crippen LogP contribution in [-0.4, -0.2) is 194 Å². The van der Waals surface area contributed by atoms with E-state index in [1.807, 2.05) is 0 Å². The standard InChI is InChI=1S/C41H61F4NO17/c42-34-32-35(43)40(45)41(39(34)44)63-38(50)6-9-52-11-13-54-15-17-56-19-21-58-23-25-60-27-29-62-31-30-61-28-26-59-24-22-57-20-18-55-16-14-53-12-10-51-8-1-2-33(47)5-7-46-36(48)3-4-37(46)49/h3-4,32H,1-2,5-31H2. The Morgan fingerprint density at radius 1 is 0.413 bits per heavy atom. The van der Waals surface area contributed by atoms with Crippen molar-refractivity contribution in [3.63, 3.8) is 0 Å². The summed E-state index contributed by atoms with van der Waals surface area (Å²) in [6, 6.07) is 0.0136. The first kappa shape index (κ1) is 55.6. The number of halogens is 4. The minimum Gasteiger partial charge on any atom is -0.420 e. The lowest BCUT2D eigenvalue weighted by molar-refractivity contribution is -0.138. The van der Waals surface area contributed by atoms with Gasteiger partial charge in [0.25, 0.3) is 11.8 Å². The van der Waals surface area contributed by atoms with Gasteiger partial charge in [-0.1, -0.05) is 0 Å². The highest BCUT2D eigenvalue weighted by Crippen LogP contribution is 2.26. The van der Waals surface area contributed by atoms with Gasteiger partial charge in [0.15, 0.2) is 11.6 Å². The number of ether oxygens (including phenoxy) is 13. The summed E-state index contributed by atoms with van der Waals surface area (Å²) in [5, 5.41) is 0. The molecule has 0 aromatic heterocycles. The van der Waals surface area contributed by atoms with Crippen LogP contribution >= 0.6 is 0 Å². The molecule has 0 unspecified atom stereocenters. The van der Waals surface area contributed by atoms with E-state index >= 15 is 0 Å². The van der Waals surface area contributed by atoms with Crippen molar-refractivity contribution in [3.8, 4) is 5.75 Å². The molecule has 0 radical (unpaired) electrons. The molecule has 0 atom stereocenters. The molecular weight excluding hydrogens is 854 g/mol. The van der Waals surface area contributed by atoms with Gasteiger partial charge in [0.2, 0.25) is 17.4 Å². The SMILES string of the molecule is O=C(CCCOCCOCCOCCOCCOCCOCCOCCOCCOCCOCCOCCOCCC(=O)Oc1c(F)c(F)cc(F)c1F)CCN1C(=O)C=CC1=O. The maximum absolute atomic E-state index is 13.5. The molecule has 1 aliphatic rings. The van der Waals surface area contributed by atoms with Gasteiger partial charge in [-0.25, -0.2) is 8.78 Å². The van der Waals surface area contributed by atoms with Crippen LogP contribution in [0.15, 0.2) is 18.2 Å². The molecule has 0 spiro atoms. The van der Waals surface area contributed by atoms with E-state index in [1.165, 1.54) is 12.2 Å².